The van der Waals surface area contributed by atoms with Crippen molar-refractivity contribution in [2.75, 3.05) is 12.3 Å². The van der Waals surface area contributed by atoms with Crippen LogP contribution in [0.25, 0.3) is 6.08 Å². The fourth-order valence-corrected chi connectivity index (χ4v) is 1.04. The molecule has 3 nitrogen and oxygen atoms in total. The molecule has 1 aromatic heterocycles. The Hall–Kier alpha value is -1.06. The van der Waals surface area contributed by atoms with E-state index in [0.717, 1.165) is 6.42 Å². The van der Waals surface area contributed by atoms with E-state index in [1.165, 1.54) is 0 Å². The van der Waals surface area contributed by atoms with E-state index in [0.29, 0.717) is 23.1 Å². The van der Waals surface area contributed by atoms with E-state index in [1.54, 1.807) is 12.1 Å². The summed E-state index contributed by atoms with van der Waals surface area (Å²) in [6, 6.07) is 3.40. The Kier molecular flexibility index (Phi) is 3.73. The Morgan fingerprint density at radius 2 is 2.23 bits per heavy atom. The van der Waals surface area contributed by atoms with Gasteiger partial charge in [-0.05, 0) is 31.2 Å². The van der Waals surface area contributed by atoms with E-state index in [-0.39, 0.29) is 0 Å². The summed E-state index contributed by atoms with van der Waals surface area (Å²) in [4.78, 5) is 4.06. The number of nitrogens with zero attached hydrogens (tertiary/aromatic N) is 1. The molecule has 1 heterocycles. The number of aromatic nitrogens is 1. The Balaban J connectivity index is 2.81. The van der Waals surface area contributed by atoms with Gasteiger partial charge in [0.05, 0.1) is 11.4 Å². The van der Waals surface area contributed by atoms with Crippen LogP contribution in [0.3, 0.4) is 0 Å². The van der Waals surface area contributed by atoms with Crippen molar-refractivity contribution in [3.05, 3.63) is 29.1 Å². The predicted octanol–water partition coefficient (Wildman–Crippen LogP) is 1.68. The molecular weight excluding hydrogens is 186 g/mol. The van der Waals surface area contributed by atoms with Crippen molar-refractivity contribution in [3.63, 3.8) is 0 Å². The summed E-state index contributed by atoms with van der Waals surface area (Å²) >= 11 is 5.70. The zero-order valence-electron chi connectivity index (χ0n) is 7.20. The third-order valence-corrected chi connectivity index (χ3v) is 1.74. The lowest BCUT2D eigenvalue weighted by Crippen LogP contribution is -1.96. The van der Waals surface area contributed by atoms with Gasteiger partial charge in [0.1, 0.15) is 5.15 Å². The van der Waals surface area contributed by atoms with E-state index in [9.17, 15) is 0 Å². The van der Waals surface area contributed by atoms with Crippen LogP contribution in [-0.2, 0) is 0 Å². The first kappa shape index (κ1) is 10.0. The maximum absolute atomic E-state index is 5.70. The molecule has 4 heteroatoms. The molecule has 0 radical (unpaired) electrons. The van der Waals surface area contributed by atoms with Gasteiger partial charge in [-0.2, -0.15) is 0 Å². The summed E-state index contributed by atoms with van der Waals surface area (Å²) in [6.07, 6.45) is 4.57. The summed E-state index contributed by atoms with van der Waals surface area (Å²) in [5, 5.41) is 0.446. The molecule has 0 bridgehead atoms. The molecule has 4 N–H and O–H groups in total. The Labute approximate surface area is 82.4 Å². The Morgan fingerprint density at radius 3 is 2.92 bits per heavy atom. The molecule has 0 aromatic carbocycles. The zero-order valence-corrected chi connectivity index (χ0v) is 7.96. The van der Waals surface area contributed by atoms with Crippen LogP contribution in [0.4, 0.5) is 5.69 Å². The first-order valence-corrected chi connectivity index (χ1v) is 4.40. The average molecular weight is 198 g/mol. The number of rotatable bonds is 3. The molecule has 70 valence electrons. The van der Waals surface area contributed by atoms with Crippen LogP contribution in [0.2, 0.25) is 5.15 Å². The standard InChI is InChI=1S/C9H12ClN3/c10-9-5-4-7(12)8(13-9)3-1-2-6-11/h1,3-5H,2,6,11-12H2. The van der Waals surface area contributed by atoms with Gasteiger partial charge >= 0.3 is 0 Å². The van der Waals surface area contributed by atoms with Crippen LogP contribution in [0.15, 0.2) is 18.2 Å². The van der Waals surface area contributed by atoms with Crippen LogP contribution < -0.4 is 11.5 Å². The lowest BCUT2D eigenvalue weighted by Gasteiger charge is -1.98. The summed E-state index contributed by atoms with van der Waals surface area (Å²) in [7, 11) is 0. The third-order valence-electron chi connectivity index (χ3n) is 1.53. The molecule has 13 heavy (non-hydrogen) atoms. The fraction of sp³-hybridized carbons (Fsp3) is 0.222. The number of anilines is 1. The molecule has 1 aromatic rings. The highest BCUT2D eigenvalue weighted by atomic mass is 35.5. The fourth-order valence-electron chi connectivity index (χ4n) is 0.885. The second-order valence-corrected chi connectivity index (χ2v) is 2.98. The molecule has 0 aliphatic rings. The molecule has 0 saturated heterocycles. The van der Waals surface area contributed by atoms with Crippen molar-refractivity contribution in [1.29, 1.82) is 0 Å². The Bertz CT molecular complexity index is 310. The van der Waals surface area contributed by atoms with E-state index in [4.69, 9.17) is 23.1 Å². The van der Waals surface area contributed by atoms with Gasteiger partial charge < -0.3 is 11.5 Å². The number of nitrogen functional groups attached to an aromatic ring is 1. The second-order valence-electron chi connectivity index (χ2n) is 2.59. The molecule has 1 rings (SSSR count). The molecule has 0 unspecified atom stereocenters. The summed E-state index contributed by atoms with van der Waals surface area (Å²) < 4.78 is 0. The van der Waals surface area contributed by atoms with Crippen molar-refractivity contribution in [2.45, 2.75) is 6.42 Å². The van der Waals surface area contributed by atoms with E-state index in [2.05, 4.69) is 4.98 Å². The molecule has 0 amide bonds. The topological polar surface area (TPSA) is 64.9 Å². The quantitative estimate of drug-likeness (QED) is 0.725. The van der Waals surface area contributed by atoms with Crippen molar-refractivity contribution in [2.24, 2.45) is 5.73 Å². The van der Waals surface area contributed by atoms with Crippen molar-refractivity contribution < 1.29 is 0 Å². The van der Waals surface area contributed by atoms with Crippen LogP contribution >= 0.6 is 11.6 Å². The van der Waals surface area contributed by atoms with Crippen LogP contribution in [0.1, 0.15) is 12.1 Å². The number of nitrogens with two attached hydrogens (primary N) is 2. The lowest BCUT2D eigenvalue weighted by atomic mass is 10.2. The van der Waals surface area contributed by atoms with Gasteiger partial charge in [0.25, 0.3) is 0 Å². The van der Waals surface area contributed by atoms with E-state index < -0.39 is 0 Å². The number of halogens is 1. The minimum atomic E-state index is 0.446. The molecule has 0 spiro atoms. The Morgan fingerprint density at radius 1 is 1.46 bits per heavy atom. The van der Waals surface area contributed by atoms with E-state index >= 15 is 0 Å². The second kappa shape index (κ2) is 4.84. The minimum Gasteiger partial charge on any atom is -0.397 e. The molecule has 0 saturated carbocycles. The highest BCUT2D eigenvalue weighted by Gasteiger charge is 1.96. The van der Waals surface area contributed by atoms with Gasteiger partial charge in [0.15, 0.2) is 0 Å². The van der Waals surface area contributed by atoms with Gasteiger partial charge in [0.2, 0.25) is 0 Å². The smallest absolute Gasteiger partial charge is 0.129 e. The largest absolute Gasteiger partial charge is 0.397 e. The van der Waals surface area contributed by atoms with Crippen LogP contribution in [0.5, 0.6) is 0 Å². The zero-order chi connectivity index (χ0) is 9.68. The SMILES string of the molecule is NCCC=Cc1nc(Cl)ccc1N. The molecule has 0 atom stereocenters. The molecule has 0 aliphatic heterocycles. The summed E-state index contributed by atoms with van der Waals surface area (Å²) in [5.41, 5.74) is 12.3. The van der Waals surface area contributed by atoms with Gasteiger partial charge in [0, 0.05) is 0 Å². The highest BCUT2D eigenvalue weighted by Crippen LogP contribution is 2.14. The van der Waals surface area contributed by atoms with Crippen molar-refractivity contribution in [1.82, 2.24) is 4.98 Å². The molecule has 0 fully saturated rings. The third kappa shape index (κ3) is 3.05. The van der Waals surface area contributed by atoms with Gasteiger partial charge in [-0.25, -0.2) is 4.98 Å². The molecule has 0 aliphatic carbocycles. The van der Waals surface area contributed by atoms with Crippen molar-refractivity contribution >= 4 is 23.4 Å². The number of pyridine rings is 1. The minimum absolute atomic E-state index is 0.446. The first-order valence-electron chi connectivity index (χ1n) is 4.02. The monoisotopic (exact) mass is 197 g/mol. The van der Waals surface area contributed by atoms with Crippen molar-refractivity contribution in [3.8, 4) is 0 Å². The van der Waals surface area contributed by atoms with Crippen LogP contribution in [0, 0.1) is 0 Å². The number of hydrogen-bond donors (Lipinski definition) is 2. The average Bonchev–Trinajstić information content (AvgIpc) is 2.11. The van der Waals surface area contributed by atoms with Crippen LogP contribution in [-0.4, -0.2) is 11.5 Å². The maximum atomic E-state index is 5.70. The summed E-state index contributed by atoms with van der Waals surface area (Å²) in [6.45, 7) is 0.622. The first-order chi connectivity index (χ1) is 6.24. The predicted molar refractivity (Wildman–Crippen MR) is 56.4 cm³/mol. The lowest BCUT2D eigenvalue weighted by molar-refractivity contribution is 1.01. The van der Waals surface area contributed by atoms with Gasteiger partial charge in [-0.15, -0.1) is 0 Å². The highest BCUT2D eigenvalue weighted by molar-refractivity contribution is 6.29. The molecular formula is C9H12ClN3. The van der Waals surface area contributed by atoms with Gasteiger partial charge in [-0.1, -0.05) is 17.7 Å². The van der Waals surface area contributed by atoms with Gasteiger partial charge in [-0.3, -0.25) is 0 Å². The number of hydrogen-bond acceptors (Lipinski definition) is 3. The summed E-state index contributed by atoms with van der Waals surface area (Å²) in [5.74, 6) is 0. The maximum Gasteiger partial charge on any atom is 0.129 e. The van der Waals surface area contributed by atoms with E-state index in [1.807, 2.05) is 12.2 Å². The normalized spacial score (nSPS) is 10.9.